The molecule has 0 saturated heterocycles. The minimum atomic E-state index is 0.682. The predicted molar refractivity (Wildman–Crippen MR) is 146 cm³/mol. The van der Waals surface area contributed by atoms with Gasteiger partial charge in [-0.1, -0.05) is 64.5 Å². The van der Waals surface area contributed by atoms with Crippen molar-refractivity contribution < 1.29 is 4.74 Å². The van der Waals surface area contributed by atoms with E-state index in [9.17, 15) is 0 Å². The zero-order valence-electron chi connectivity index (χ0n) is 20.2. The number of hydrogen-bond acceptors (Lipinski definition) is 5. The second-order valence-corrected chi connectivity index (χ2v) is 9.72. The topological polar surface area (TPSA) is 56.1 Å². The number of nitrogens with zero attached hydrogens (tertiary/aromatic N) is 5. The first-order valence-electron chi connectivity index (χ1n) is 12.0. The van der Waals surface area contributed by atoms with Crippen LogP contribution in [0.25, 0.3) is 10.9 Å². The third kappa shape index (κ3) is 6.17. The molecule has 7 heteroatoms. The molecule has 36 heavy (non-hydrogen) atoms. The molecule has 3 aromatic carbocycles. The Morgan fingerprint density at radius 3 is 2.44 bits per heavy atom. The summed E-state index contributed by atoms with van der Waals surface area (Å²) in [6, 6.07) is 29.2. The first-order chi connectivity index (χ1) is 17.7. The van der Waals surface area contributed by atoms with Crippen LogP contribution in [-0.4, -0.2) is 38.3 Å². The molecule has 6 nitrogen and oxygen atoms in total. The van der Waals surface area contributed by atoms with Crippen molar-refractivity contribution in [2.45, 2.75) is 26.1 Å². The van der Waals surface area contributed by atoms with Gasteiger partial charge in [0.05, 0.1) is 31.4 Å². The smallest absolute Gasteiger partial charge is 0.147 e. The Balaban J connectivity index is 1.35. The van der Waals surface area contributed by atoms with Crippen LogP contribution in [0.3, 0.4) is 0 Å². The maximum absolute atomic E-state index is 5.29. The highest BCUT2D eigenvalue weighted by Gasteiger charge is 2.14. The molecule has 0 N–H and O–H groups in total. The fourth-order valence-corrected chi connectivity index (χ4v) is 4.50. The van der Waals surface area contributed by atoms with Crippen LogP contribution in [0.15, 0.2) is 95.7 Å². The van der Waals surface area contributed by atoms with Gasteiger partial charge in [-0.05, 0) is 53.9 Å². The third-order valence-electron chi connectivity index (χ3n) is 6.24. The van der Waals surface area contributed by atoms with Crippen LogP contribution in [0.4, 0.5) is 0 Å². The van der Waals surface area contributed by atoms with Gasteiger partial charge in [-0.3, -0.25) is 9.88 Å². The van der Waals surface area contributed by atoms with Gasteiger partial charge in [0.15, 0.2) is 0 Å². The Hall–Kier alpha value is -3.55. The van der Waals surface area contributed by atoms with Gasteiger partial charge in [-0.2, -0.15) is 0 Å². The SMILES string of the molecule is COc1ccc(Cn2cnnc2CN(CCc2ccc(Br)cc2)Cc2ccc3ccccc3n2)cc1. The zero-order chi connectivity index (χ0) is 24.7. The van der Waals surface area contributed by atoms with Crippen LogP contribution < -0.4 is 4.74 Å². The number of para-hydroxylation sites is 1. The highest BCUT2D eigenvalue weighted by molar-refractivity contribution is 9.10. The van der Waals surface area contributed by atoms with Crippen LogP contribution in [-0.2, 0) is 26.1 Å². The maximum atomic E-state index is 5.29. The molecule has 5 rings (SSSR count). The number of methoxy groups -OCH3 is 1. The number of hydrogen-bond donors (Lipinski definition) is 0. The summed E-state index contributed by atoms with van der Waals surface area (Å²) in [6.45, 7) is 3.00. The summed E-state index contributed by atoms with van der Waals surface area (Å²) in [5.41, 5.74) is 4.54. The van der Waals surface area contributed by atoms with Crippen molar-refractivity contribution in [3.05, 3.63) is 118 Å². The Morgan fingerprint density at radius 1 is 0.861 bits per heavy atom. The molecular weight excluding hydrogens is 514 g/mol. The van der Waals surface area contributed by atoms with Gasteiger partial charge in [-0.15, -0.1) is 10.2 Å². The molecule has 0 radical (unpaired) electrons. The van der Waals surface area contributed by atoms with Crippen molar-refractivity contribution in [2.24, 2.45) is 0 Å². The number of aromatic nitrogens is 4. The molecule has 0 atom stereocenters. The van der Waals surface area contributed by atoms with Gasteiger partial charge in [0.25, 0.3) is 0 Å². The van der Waals surface area contributed by atoms with Crippen molar-refractivity contribution in [2.75, 3.05) is 13.7 Å². The summed E-state index contributed by atoms with van der Waals surface area (Å²) in [7, 11) is 1.68. The number of fused-ring (bicyclic) bond motifs is 1. The lowest BCUT2D eigenvalue weighted by molar-refractivity contribution is 0.247. The first-order valence-corrected chi connectivity index (χ1v) is 12.8. The number of pyridine rings is 1. The summed E-state index contributed by atoms with van der Waals surface area (Å²) in [6.07, 6.45) is 2.74. The minimum Gasteiger partial charge on any atom is -0.497 e. The summed E-state index contributed by atoms with van der Waals surface area (Å²) in [4.78, 5) is 7.31. The van der Waals surface area contributed by atoms with E-state index in [4.69, 9.17) is 9.72 Å². The standard InChI is InChI=1S/C29H28BrN5O/c1-36-27-14-8-23(9-15-27)18-35-21-31-33-29(35)20-34(17-16-22-6-11-25(30)12-7-22)19-26-13-10-24-4-2-3-5-28(24)32-26/h2-15,21H,16-20H2,1H3. The Bertz CT molecular complexity index is 1420. The van der Waals surface area contributed by atoms with Gasteiger partial charge in [-0.25, -0.2) is 0 Å². The van der Waals surface area contributed by atoms with E-state index in [1.54, 1.807) is 13.4 Å². The highest BCUT2D eigenvalue weighted by Crippen LogP contribution is 2.17. The lowest BCUT2D eigenvalue weighted by Gasteiger charge is -2.22. The lowest BCUT2D eigenvalue weighted by Crippen LogP contribution is -2.27. The Morgan fingerprint density at radius 2 is 1.64 bits per heavy atom. The summed E-state index contributed by atoms with van der Waals surface area (Å²) >= 11 is 3.53. The third-order valence-corrected chi connectivity index (χ3v) is 6.77. The largest absolute Gasteiger partial charge is 0.497 e. The first kappa shape index (κ1) is 24.2. The molecule has 182 valence electrons. The predicted octanol–water partition coefficient (Wildman–Crippen LogP) is 5.89. The molecule has 5 aromatic rings. The molecule has 2 aromatic heterocycles. The Labute approximate surface area is 219 Å². The number of halogens is 1. The van der Waals surface area contributed by atoms with Crippen molar-refractivity contribution in [3.63, 3.8) is 0 Å². The average molecular weight is 542 g/mol. The number of benzene rings is 3. The van der Waals surface area contributed by atoms with E-state index in [1.807, 2.05) is 24.3 Å². The van der Waals surface area contributed by atoms with Gasteiger partial charge in [0.1, 0.15) is 17.9 Å². The molecule has 0 aliphatic heterocycles. The van der Waals surface area contributed by atoms with E-state index in [1.165, 1.54) is 11.1 Å². The normalized spacial score (nSPS) is 11.3. The highest BCUT2D eigenvalue weighted by atomic mass is 79.9. The molecule has 0 aliphatic rings. The van der Waals surface area contributed by atoms with Gasteiger partial charge < -0.3 is 9.30 Å². The van der Waals surface area contributed by atoms with E-state index in [-0.39, 0.29) is 0 Å². The van der Waals surface area contributed by atoms with Crippen LogP contribution in [0.1, 0.15) is 22.6 Å². The summed E-state index contributed by atoms with van der Waals surface area (Å²) in [5, 5.41) is 9.84. The quantitative estimate of drug-likeness (QED) is 0.220. The average Bonchev–Trinajstić information content (AvgIpc) is 3.34. The zero-order valence-corrected chi connectivity index (χ0v) is 21.8. The van der Waals surface area contributed by atoms with Crippen molar-refractivity contribution >= 4 is 26.8 Å². The number of rotatable bonds is 10. The molecule has 0 aliphatic carbocycles. The monoisotopic (exact) mass is 541 g/mol. The van der Waals surface area contributed by atoms with Crippen molar-refractivity contribution in [3.8, 4) is 5.75 Å². The lowest BCUT2D eigenvalue weighted by atomic mass is 10.1. The molecular formula is C29H28BrN5O. The van der Waals surface area contributed by atoms with Gasteiger partial charge >= 0.3 is 0 Å². The van der Waals surface area contributed by atoms with Gasteiger partial charge in [0.2, 0.25) is 0 Å². The fraction of sp³-hybridized carbons (Fsp3) is 0.207. The van der Waals surface area contributed by atoms with E-state index in [2.05, 4.69) is 96.3 Å². The fourth-order valence-electron chi connectivity index (χ4n) is 4.24. The molecule has 0 spiro atoms. The molecule has 0 amide bonds. The molecule has 0 saturated carbocycles. The van der Waals surface area contributed by atoms with Crippen LogP contribution in [0.5, 0.6) is 5.75 Å². The van der Waals surface area contributed by atoms with E-state index < -0.39 is 0 Å². The minimum absolute atomic E-state index is 0.682. The van der Waals surface area contributed by atoms with Gasteiger partial charge in [0, 0.05) is 22.9 Å². The van der Waals surface area contributed by atoms with Crippen molar-refractivity contribution in [1.82, 2.24) is 24.6 Å². The van der Waals surface area contributed by atoms with Crippen LogP contribution in [0, 0.1) is 0 Å². The second kappa shape index (κ2) is 11.5. The molecule has 0 fully saturated rings. The summed E-state index contributed by atoms with van der Waals surface area (Å²) in [5.74, 6) is 1.78. The van der Waals surface area contributed by atoms with E-state index in [0.29, 0.717) is 13.1 Å². The van der Waals surface area contributed by atoms with Crippen LogP contribution >= 0.6 is 15.9 Å². The van der Waals surface area contributed by atoms with Crippen LogP contribution in [0.2, 0.25) is 0 Å². The van der Waals surface area contributed by atoms with Crippen molar-refractivity contribution in [1.29, 1.82) is 0 Å². The van der Waals surface area contributed by atoms with E-state index >= 15 is 0 Å². The van der Waals surface area contributed by atoms with E-state index in [0.717, 1.165) is 52.2 Å². The number of ether oxygens (including phenoxy) is 1. The maximum Gasteiger partial charge on any atom is 0.147 e. The summed E-state index contributed by atoms with van der Waals surface area (Å²) < 4.78 is 8.49. The molecule has 2 heterocycles. The molecule has 0 unspecified atom stereocenters. The molecule has 0 bridgehead atoms. The Kier molecular flexibility index (Phi) is 7.69. The second-order valence-electron chi connectivity index (χ2n) is 8.81.